The minimum Gasteiger partial charge on any atom is -0.375 e. The molecule has 120 valence electrons. The first kappa shape index (κ1) is 15.4. The van der Waals surface area contributed by atoms with Crippen LogP contribution in [0.15, 0.2) is 18.2 Å². The van der Waals surface area contributed by atoms with E-state index in [2.05, 4.69) is 4.90 Å². The van der Waals surface area contributed by atoms with Gasteiger partial charge in [0.15, 0.2) is 0 Å². The lowest BCUT2D eigenvalue weighted by Gasteiger charge is -2.35. The van der Waals surface area contributed by atoms with Crippen molar-refractivity contribution in [1.29, 1.82) is 0 Å². The maximum atomic E-state index is 11.0. The number of hydrogen-bond acceptors (Lipinski definition) is 5. The van der Waals surface area contributed by atoms with Crippen molar-refractivity contribution in [3.63, 3.8) is 0 Å². The summed E-state index contributed by atoms with van der Waals surface area (Å²) in [6.07, 6.45) is 2.50. The molecule has 2 saturated heterocycles. The zero-order valence-corrected chi connectivity index (χ0v) is 12.9. The van der Waals surface area contributed by atoms with Crippen LogP contribution >= 0.6 is 0 Å². The van der Waals surface area contributed by atoms with E-state index in [0.29, 0.717) is 18.7 Å². The van der Waals surface area contributed by atoms with Crippen molar-refractivity contribution < 1.29 is 14.4 Å². The Morgan fingerprint density at radius 3 is 2.86 bits per heavy atom. The molecular weight excluding hydrogens is 284 g/mol. The molecule has 3 rings (SSSR count). The fourth-order valence-electron chi connectivity index (χ4n) is 3.20. The van der Waals surface area contributed by atoms with Crippen LogP contribution in [0.3, 0.4) is 0 Å². The third-order valence-corrected chi connectivity index (χ3v) is 4.43. The molecule has 0 aromatic heterocycles. The van der Waals surface area contributed by atoms with E-state index in [-0.39, 0.29) is 22.8 Å². The highest BCUT2D eigenvalue weighted by Crippen LogP contribution is 2.23. The van der Waals surface area contributed by atoms with Crippen LogP contribution in [-0.4, -0.2) is 48.3 Å². The third-order valence-electron chi connectivity index (χ3n) is 4.43. The predicted octanol–water partition coefficient (Wildman–Crippen LogP) is 2.28. The fourth-order valence-corrected chi connectivity index (χ4v) is 3.20. The van der Waals surface area contributed by atoms with Gasteiger partial charge >= 0.3 is 0 Å². The molecule has 2 aliphatic heterocycles. The van der Waals surface area contributed by atoms with Gasteiger partial charge in [-0.2, -0.15) is 0 Å². The third kappa shape index (κ3) is 3.45. The average Bonchev–Trinajstić information content (AvgIpc) is 3.03. The summed E-state index contributed by atoms with van der Waals surface area (Å²) in [5, 5.41) is 11.0. The molecule has 0 amide bonds. The Bertz CT molecular complexity index is 543. The number of benzene rings is 1. The van der Waals surface area contributed by atoms with Gasteiger partial charge in [-0.05, 0) is 25.3 Å². The standard InChI is InChI=1S/C16H22N2O4/c1-12-4-5-13(9-14(12)18(19)20)10-17-6-8-22-16(11-17)15-3-2-7-21-15/h4-5,9,15-16H,2-3,6-8,10-11H2,1H3/t15-,16+/m1/s1. The Hall–Kier alpha value is -1.50. The number of rotatable bonds is 4. The first-order valence-electron chi connectivity index (χ1n) is 7.83. The summed E-state index contributed by atoms with van der Waals surface area (Å²) in [7, 11) is 0. The molecular formula is C16H22N2O4. The van der Waals surface area contributed by atoms with Crippen molar-refractivity contribution in [1.82, 2.24) is 4.90 Å². The molecule has 1 aromatic rings. The minimum atomic E-state index is -0.312. The quantitative estimate of drug-likeness (QED) is 0.631. The molecule has 2 heterocycles. The highest BCUT2D eigenvalue weighted by atomic mass is 16.6. The van der Waals surface area contributed by atoms with E-state index in [1.54, 1.807) is 13.0 Å². The van der Waals surface area contributed by atoms with Gasteiger partial charge in [0.2, 0.25) is 0 Å². The van der Waals surface area contributed by atoms with E-state index >= 15 is 0 Å². The molecule has 0 radical (unpaired) electrons. The van der Waals surface area contributed by atoms with Gasteiger partial charge in [-0.25, -0.2) is 0 Å². The molecule has 22 heavy (non-hydrogen) atoms. The number of nitrogens with zero attached hydrogens (tertiary/aromatic N) is 2. The van der Waals surface area contributed by atoms with E-state index < -0.39 is 0 Å². The number of aryl methyl sites for hydroxylation is 1. The summed E-state index contributed by atoms with van der Waals surface area (Å²) >= 11 is 0. The smallest absolute Gasteiger partial charge is 0.272 e. The Labute approximate surface area is 130 Å². The summed E-state index contributed by atoms with van der Waals surface area (Å²) in [6, 6.07) is 5.48. The molecule has 0 unspecified atom stereocenters. The van der Waals surface area contributed by atoms with E-state index in [9.17, 15) is 10.1 Å². The lowest BCUT2D eigenvalue weighted by atomic mass is 10.1. The van der Waals surface area contributed by atoms with Crippen LogP contribution in [0.25, 0.3) is 0 Å². The highest BCUT2D eigenvalue weighted by Gasteiger charge is 2.31. The van der Waals surface area contributed by atoms with Crippen molar-refractivity contribution in [3.05, 3.63) is 39.4 Å². The van der Waals surface area contributed by atoms with Gasteiger partial charge in [-0.3, -0.25) is 15.0 Å². The monoisotopic (exact) mass is 306 g/mol. The topological polar surface area (TPSA) is 64.8 Å². The minimum absolute atomic E-state index is 0.122. The van der Waals surface area contributed by atoms with Crippen LogP contribution in [0.4, 0.5) is 5.69 Å². The van der Waals surface area contributed by atoms with Crippen molar-refractivity contribution in [3.8, 4) is 0 Å². The van der Waals surface area contributed by atoms with Crippen molar-refractivity contribution in [2.24, 2.45) is 0 Å². The van der Waals surface area contributed by atoms with Crippen LogP contribution in [0.5, 0.6) is 0 Å². The number of nitro benzene ring substituents is 1. The molecule has 0 saturated carbocycles. The second-order valence-corrected chi connectivity index (χ2v) is 6.07. The Morgan fingerprint density at radius 1 is 1.32 bits per heavy atom. The van der Waals surface area contributed by atoms with E-state index in [1.807, 2.05) is 12.1 Å². The molecule has 1 aromatic carbocycles. The highest BCUT2D eigenvalue weighted by molar-refractivity contribution is 5.42. The molecule has 2 atom stereocenters. The second kappa shape index (κ2) is 6.73. The summed E-state index contributed by atoms with van der Waals surface area (Å²) in [5.41, 5.74) is 1.87. The fraction of sp³-hybridized carbons (Fsp3) is 0.625. The summed E-state index contributed by atoms with van der Waals surface area (Å²) in [6.45, 7) is 5.68. The summed E-state index contributed by atoms with van der Waals surface area (Å²) in [4.78, 5) is 13.0. The molecule has 0 N–H and O–H groups in total. The molecule has 6 nitrogen and oxygen atoms in total. The normalized spacial score (nSPS) is 26.2. The largest absolute Gasteiger partial charge is 0.375 e. The zero-order chi connectivity index (χ0) is 15.5. The first-order chi connectivity index (χ1) is 10.6. The van der Waals surface area contributed by atoms with Crippen molar-refractivity contribution >= 4 is 5.69 Å². The number of ether oxygens (including phenoxy) is 2. The second-order valence-electron chi connectivity index (χ2n) is 6.07. The van der Waals surface area contributed by atoms with Gasteiger partial charge in [0.25, 0.3) is 5.69 Å². The summed E-state index contributed by atoms with van der Waals surface area (Å²) in [5.74, 6) is 0. The molecule has 0 bridgehead atoms. The number of nitro groups is 1. The van der Waals surface area contributed by atoms with E-state index in [1.165, 1.54) is 0 Å². The molecule has 2 fully saturated rings. The molecule has 0 aliphatic carbocycles. The lowest BCUT2D eigenvalue weighted by Crippen LogP contribution is -2.47. The Morgan fingerprint density at radius 2 is 2.14 bits per heavy atom. The molecule has 6 heteroatoms. The maximum absolute atomic E-state index is 11.0. The maximum Gasteiger partial charge on any atom is 0.272 e. The van der Waals surface area contributed by atoms with Gasteiger partial charge in [0, 0.05) is 37.9 Å². The van der Waals surface area contributed by atoms with E-state index in [4.69, 9.17) is 9.47 Å². The first-order valence-corrected chi connectivity index (χ1v) is 7.83. The Kier molecular flexibility index (Phi) is 4.71. The van der Waals surface area contributed by atoms with Gasteiger partial charge in [0.05, 0.1) is 23.7 Å². The summed E-state index contributed by atoms with van der Waals surface area (Å²) < 4.78 is 11.6. The Balaban J connectivity index is 1.65. The van der Waals surface area contributed by atoms with E-state index in [0.717, 1.165) is 38.1 Å². The van der Waals surface area contributed by atoms with Crippen LogP contribution in [0.2, 0.25) is 0 Å². The van der Waals surface area contributed by atoms with Gasteiger partial charge in [0.1, 0.15) is 0 Å². The van der Waals surface area contributed by atoms with Crippen molar-refractivity contribution in [2.45, 2.75) is 38.5 Å². The number of hydrogen-bond donors (Lipinski definition) is 0. The SMILES string of the molecule is Cc1ccc(CN2CCO[C@H]([C@H]3CCCO3)C2)cc1[N+](=O)[O-]. The van der Waals surface area contributed by atoms with Crippen molar-refractivity contribution in [2.75, 3.05) is 26.3 Å². The zero-order valence-electron chi connectivity index (χ0n) is 12.9. The van der Waals surface area contributed by atoms with Gasteiger partial charge in [-0.1, -0.05) is 12.1 Å². The number of morpholine rings is 1. The van der Waals surface area contributed by atoms with Crippen LogP contribution in [0.1, 0.15) is 24.0 Å². The van der Waals surface area contributed by atoms with Crippen LogP contribution in [-0.2, 0) is 16.0 Å². The van der Waals surface area contributed by atoms with Crippen LogP contribution < -0.4 is 0 Å². The lowest BCUT2D eigenvalue weighted by molar-refractivity contribution is -0.385. The molecule has 2 aliphatic rings. The van der Waals surface area contributed by atoms with Gasteiger partial charge < -0.3 is 9.47 Å². The van der Waals surface area contributed by atoms with Crippen LogP contribution in [0, 0.1) is 17.0 Å². The predicted molar refractivity (Wildman–Crippen MR) is 81.8 cm³/mol. The average molecular weight is 306 g/mol. The van der Waals surface area contributed by atoms with Gasteiger partial charge in [-0.15, -0.1) is 0 Å². The molecule has 0 spiro atoms.